The Hall–Kier alpha value is -3.27. The zero-order valence-corrected chi connectivity index (χ0v) is 16.5. The fourth-order valence-electron chi connectivity index (χ4n) is 3.36. The first kappa shape index (κ1) is 19.1. The van der Waals surface area contributed by atoms with Gasteiger partial charge in [-0.1, -0.05) is 23.4 Å². The highest BCUT2D eigenvalue weighted by Crippen LogP contribution is 2.25. The molecule has 3 heterocycles. The predicted octanol–water partition coefficient (Wildman–Crippen LogP) is 2.13. The molecule has 1 aromatic carbocycles. The molecule has 1 fully saturated rings. The van der Waals surface area contributed by atoms with Crippen molar-refractivity contribution in [1.82, 2.24) is 25.1 Å². The van der Waals surface area contributed by atoms with Gasteiger partial charge in [-0.15, -0.1) is 0 Å². The van der Waals surface area contributed by atoms with Crippen LogP contribution in [0, 0.1) is 5.92 Å². The molecule has 29 heavy (non-hydrogen) atoms. The summed E-state index contributed by atoms with van der Waals surface area (Å²) in [6.07, 6.45) is 2.05. The maximum Gasteiger partial charge on any atom is 0.324 e. The summed E-state index contributed by atoms with van der Waals surface area (Å²) in [7, 11) is 3.60. The molecule has 0 saturated carbocycles. The second-order valence-corrected chi connectivity index (χ2v) is 7.00. The van der Waals surface area contributed by atoms with Crippen molar-refractivity contribution in [2.75, 3.05) is 49.4 Å². The van der Waals surface area contributed by atoms with E-state index in [-0.39, 0.29) is 17.6 Å². The molecule has 0 unspecified atom stereocenters. The molecule has 0 atom stereocenters. The van der Waals surface area contributed by atoms with Crippen LogP contribution < -0.4 is 15.5 Å². The lowest BCUT2D eigenvalue weighted by atomic mass is 9.98. The lowest BCUT2D eigenvalue weighted by Crippen LogP contribution is -2.35. The standard InChI is InChI=1S/C19H24N8O2/c1-26(14-6-4-3-5-7-14)18-22-15(21-17(20)24-18)16-23-19(29-25-16)27-10-8-13(9-11-27)12-28-2/h3-7,13H,8-12H2,1-2H3,(H2,20,21,22,24). The fraction of sp³-hybridized carbons (Fsp3) is 0.421. The predicted molar refractivity (Wildman–Crippen MR) is 109 cm³/mol. The zero-order valence-electron chi connectivity index (χ0n) is 16.5. The Morgan fingerprint density at radius 1 is 1.10 bits per heavy atom. The van der Waals surface area contributed by atoms with E-state index >= 15 is 0 Å². The van der Waals surface area contributed by atoms with Crippen molar-refractivity contribution >= 4 is 23.6 Å². The SMILES string of the molecule is COCC1CCN(c2nc(-c3nc(N)nc(N(C)c4ccccc4)n3)no2)CC1. The largest absolute Gasteiger partial charge is 0.384 e. The quantitative estimate of drug-likeness (QED) is 0.663. The number of nitrogen functional groups attached to an aromatic ring is 1. The second-order valence-electron chi connectivity index (χ2n) is 7.00. The molecule has 1 aliphatic rings. The Morgan fingerprint density at radius 2 is 1.86 bits per heavy atom. The average molecular weight is 396 g/mol. The number of piperidine rings is 1. The van der Waals surface area contributed by atoms with Crippen LogP contribution >= 0.6 is 0 Å². The lowest BCUT2D eigenvalue weighted by molar-refractivity contribution is 0.138. The van der Waals surface area contributed by atoms with Crippen molar-refractivity contribution in [3.63, 3.8) is 0 Å². The average Bonchev–Trinajstić information content (AvgIpc) is 3.24. The number of nitrogens with two attached hydrogens (primary N) is 1. The number of aromatic nitrogens is 5. The minimum absolute atomic E-state index is 0.0968. The van der Waals surface area contributed by atoms with Gasteiger partial charge in [-0.05, 0) is 30.9 Å². The van der Waals surface area contributed by atoms with Gasteiger partial charge in [0.25, 0.3) is 0 Å². The van der Waals surface area contributed by atoms with Crippen molar-refractivity contribution in [2.45, 2.75) is 12.8 Å². The van der Waals surface area contributed by atoms with Crippen LogP contribution in [0.25, 0.3) is 11.6 Å². The second kappa shape index (κ2) is 8.39. The van der Waals surface area contributed by atoms with Gasteiger partial charge in [0.2, 0.25) is 23.5 Å². The van der Waals surface area contributed by atoms with Gasteiger partial charge in [-0.25, -0.2) is 0 Å². The molecule has 2 aromatic heterocycles. The molecule has 0 amide bonds. The molecule has 0 spiro atoms. The number of nitrogens with zero attached hydrogens (tertiary/aromatic N) is 7. The third-order valence-electron chi connectivity index (χ3n) is 4.99. The summed E-state index contributed by atoms with van der Waals surface area (Å²) >= 11 is 0. The molecular weight excluding hydrogens is 372 g/mol. The summed E-state index contributed by atoms with van der Waals surface area (Å²) in [4.78, 5) is 21.3. The molecule has 1 aliphatic heterocycles. The summed E-state index contributed by atoms with van der Waals surface area (Å²) in [5.74, 6) is 1.64. The van der Waals surface area contributed by atoms with E-state index < -0.39 is 0 Å². The van der Waals surface area contributed by atoms with E-state index in [0.29, 0.717) is 17.9 Å². The van der Waals surface area contributed by atoms with Crippen LogP contribution in [0.3, 0.4) is 0 Å². The number of rotatable bonds is 6. The lowest BCUT2D eigenvalue weighted by Gasteiger charge is -2.29. The first-order valence-corrected chi connectivity index (χ1v) is 9.52. The van der Waals surface area contributed by atoms with Gasteiger partial charge in [0.1, 0.15) is 0 Å². The zero-order chi connectivity index (χ0) is 20.2. The highest BCUT2D eigenvalue weighted by Gasteiger charge is 2.24. The topological polar surface area (TPSA) is 119 Å². The number of hydrogen-bond donors (Lipinski definition) is 1. The van der Waals surface area contributed by atoms with E-state index in [1.54, 1.807) is 7.11 Å². The van der Waals surface area contributed by atoms with Gasteiger partial charge in [-0.3, -0.25) is 0 Å². The van der Waals surface area contributed by atoms with Crippen LogP contribution in [-0.4, -0.2) is 58.9 Å². The third kappa shape index (κ3) is 4.27. The highest BCUT2D eigenvalue weighted by molar-refractivity contribution is 5.59. The number of para-hydroxylation sites is 1. The molecule has 10 heteroatoms. The van der Waals surface area contributed by atoms with Gasteiger partial charge in [0.05, 0.1) is 0 Å². The Labute approximate surface area is 168 Å². The van der Waals surface area contributed by atoms with E-state index in [9.17, 15) is 0 Å². The van der Waals surface area contributed by atoms with Crippen LogP contribution in [-0.2, 0) is 4.74 Å². The van der Waals surface area contributed by atoms with Crippen LogP contribution in [0.1, 0.15) is 12.8 Å². The van der Waals surface area contributed by atoms with Crippen LogP contribution in [0.15, 0.2) is 34.9 Å². The maximum absolute atomic E-state index is 5.91. The van der Waals surface area contributed by atoms with E-state index in [1.807, 2.05) is 42.3 Å². The van der Waals surface area contributed by atoms with Crippen molar-refractivity contribution in [1.29, 1.82) is 0 Å². The van der Waals surface area contributed by atoms with E-state index in [0.717, 1.165) is 38.2 Å². The monoisotopic (exact) mass is 396 g/mol. The molecule has 4 rings (SSSR count). The number of ether oxygens (including phenoxy) is 1. The number of anilines is 4. The summed E-state index contributed by atoms with van der Waals surface area (Å²) in [6.45, 7) is 2.47. The third-order valence-corrected chi connectivity index (χ3v) is 4.99. The van der Waals surface area contributed by atoms with Crippen molar-refractivity contribution < 1.29 is 9.26 Å². The Morgan fingerprint density at radius 3 is 2.59 bits per heavy atom. The van der Waals surface area contributed by atoms with Crippen molar-refractivity contribution in [3.8, 4) is 11.6 Å². The molecule has 0 aliphatic carbocycles. The van der Waals surface area contributed by atoms with Crippen LogP contribution in [0.5, 0.6) is 0 Å². The van der Waals surface area contributed by atoms with Crippen LogP contribution in [0.4, 0.5) is 23.6 Å². The molecule has 152 valence electrons. The van der Waals surface area contributed by atoms with Gasteiger partial charge < -0.3 is 24.8 Å². The molecule has 2 N–H and O–H groups in total. The molecule has 0 radical (unpaired) electrons. The molecular formula is C19H24N8O2. The van der Waals surface area contributed by atoms with E-state index in [2.05, 4.69) is 30.0 Å². The summed E-state index contributed by atoms with van der Waals surface area (Å²) in [5.41, 5.74) is 6.84. The molecule has 1 saturated heterocycles. The molecule has 0 bridgehead atoms. The van der Waals surface area contributed by atoms with E-state index in [4.69, 9.17) is 15.0 Å². The highest BCUT2D eigenvalue weighted by atomic mass is 16.5. The fourth-order valence-corrected chi connectivity index (χ4v) is 3.36. The normalized spacial score (nSPS) is 14.9. The van der Waals surface area contributed by atoms with Crippen molar-refractivity contribution in [3.05, 3.63) is 30.3 Å². The number of hydrogen-bond acceptors (Lipinski definition) is 10. The summed E-state index contributed by atoms with van der Waals surface area (Å²) in [6, 6.07) is 10.2. The summed E-state index contributed by atoms with van der Waals surface area (Å²) < 4.78 is 10.7. The van der Waals surface area contributed by atoms with Gasteiger partial charge >= 0.3 is 6.01 Å². The van der Waals surface area contributed by atoms with Crippen LogP contribution in [0.2, 0.25) is 0 Å². The molecule has 3 aromatic rings. The number of benzene rings is 1. The first-order chi connectivity index (χ1) is 14.1. The minimum atomic E-state index is 0.0968. The maximum atomic E-state index is 5.91. The summed E-state index contributed by atoms with van der Waals surface area (Å²) in [5, 5.41) is 4.05. The minimum Gasteiger partial charge on any atom is -0.384 e. The van der Waals surface area contributed by atoms with Gasteiger partial charge in [-0.2, -0.15) is 19.9 Å². The smallest absolute Gasteiger partial charge is 0.324 e. The first-order valence-electron chi connectivity index (χ1n) is 9.52. The Bertz CT molecular complexity index is 940. The van der Waals surface area contributed by atoms with E-state index in [1.165, 1.54) is 0 Å². The Kier molecular flexibility index (Phi) is 5.52. The van der Waals surface area contributed by atoms with Gasteiger partial charge in [0, 0.05) is 39.5 Å². The Balaban J connectivity index is 1.53. The number of methoxy groups -OCH3 is 1. The van der Waals surface area contributed by atoms with Gasteiger partial charge in [0.15, 0.2) is 0 Å². The molecule has 10 nitrogen and oxygen atoms in total. The van der Waals surface area contributed by atoms with Crippen molar-refractivity contribution in [2.24, 2.45) is 5.92 Å².